The monoisotopic (exact) mass is 511 g/mol. The first kappa shape index (κ1) is 25.0. The Bertz CT molecular complexity index is 1210. The number of benzene rings is 1. The largest absolute Gasteiger partial charge is 0.491 e. The summed E-state index contributed by atoms with van der Waals surface area (Å²) >= 11 is 6.67. The standard InChI is InChI=1S/C27H34ClN5O3/c1-15-25(24-16(2)32-36-17(24)3)30-26(31-27(15)33-12-18-6-5-7-19(18)13-33)22-10-21(8-9-23(22)28)35-14-20(34)11-29-4/h8-10,18-20,29,34H,5-7,11-14H2,1-4H3/t18-,19+,20-/m1/s1. The van der Waals surface area contributed by atoms with E-state index in [1.807, 2.05) is 19.9 Å². The van der Waals surface area contributed by atoms with Gasteiger partial charge in [-0.2, -0.15) is 0 Å². The van der Waals surface area contributed by atoms with Gasteiger partial charge in [-0.25, -0.2) is 9.97 Å². The number of rotatable bonds is 8. The summed E-state index contributed by atoms with van der Waals surface area (Å²) in [6.07, 6.45) is 3.29. The number of likely N-dealkylation sites (N-methyl/N-ethyl adjacent to an activating group) is 1. The fraction of sp³-hybridized carbons (Fsp3) is 0.519. The summed E-state index contributed by atoms with van der Waals surface area (Å²) in [5.74, 6) is 4.27. The number of ether oxygens (including phenoxy) is 1. The lowest BCUT2D eigenvalue weighted by Gasteiger charge is -2.23. The second kappa shape index (κ2) is 10.4. The highest BCUT2D eigenvalue weighted by molar-refractivity contribution is 6.33. The van der Waals surface area contributed by atoms with Gasteiger partial charge in [0.2, 0.25) is 0 Å². The quantitative estimate of drug-likeness (QED) is 0.454. The summed E-state index contributed by atoms with van der Waals surface area (Å²) in [6.45, 7) is 8.58. The van der Waals surface area contributed by atoms with Crippen LogP contribution < -0.4 is 15.0 Å². The van der Waals surface area contributed by atoms with Crippen molar-refractivity contribution in [3.05, 3.63) is 40.2 Å². The molecule has 192 valence electrons. The summed E-state index contributed by atoms with van der Waals surface area (Å²) in [5, 5.41) is 17.7. The van der Waals surface area contributed by atoms with Crippen molar-refractivity contribution in [2.45, 2.75) is 46.1 Å². The zero-order valence-electron chi connectivity index (χ0n) is 21.3. The number of hydrogen-bond donors (Lipinski definition) is 2. The van der Waals surface area contributed by atoms with Crippen LogP contribution in [0.3, 0.4) is 0 Å². The summed E-state index contributed by atoms with van der Waals surface area (Å²) in [6, 6.07) is 5.43. The zero-order chi connectivity index (χ0) is 25.4. The van der Waals surface area contributed by atoms with Gasteiger partial charge in [0.25, 0.3) is 0 Å². The van der Waals surface area contributed by atoms with Crippen molar-refractivity contribution < 1.29 is 14.4 Å². The van der Waals surface area contributed by atoms with Crippen molar-refractivity contribution in [3.63, 3.8) is 0 Å². The van der Waals surface area contributed by atoms with E-state index in [9.17, 15) is 5.11 Å². The van der Waals surface area contributed by atoms with Gasteiger partial charge in [-0.05, 0) is 70.7 Å². The average Bonchev–Trinajstić information content (AvgIpc) is 3.55. The summed E-state index contributed by atoms with van der Waals surface area (Å²) in [4.78, 5) is 12.5. The molecule has 0 spiro atoms. The molecule has 3 aromatic rings. The van der Waals surface area contributed by atoms with Crippen LogP contribution in [0.5, 0.6) is 5.75 Å². The molecular formula is C27H34ClN5O3. The zero-order valence-corrected chi connectivity index (χ0v) is 22.1. The Morgan fingerprint density at radius 1 is 1.19 bits per heavy atom. The smallest absolute Gasteiger partial charge is 0.163 e. The molecule has 0 bridgehead atoms. The van der Waals surface area contributed by atoms with Crippen molar-refractivity contribution in [2.24, 2.45) is 11.8 Å². The van der Waals surface area contributed by atoms with Crippen LogP contribution in [0.15, 0.2) is 22.7 Å². The van der Waals surface area contributed by atoms with E-state index < -0.39 is 6.10 Å². The summed E-state index contributed by atoms with van der Waals surface area (Å²) < 4.78 is 11.3. The van der Waals surface area contributed by atoms with Gasteiger partial charge in [-0.3, -0.25) is 0 Å². The molecule has 5 rings (SSSR count). The number of halogens is 1. The minimum Gasteiger partial charge on any atom is -0.491 e. The lowest BCUT2D eigenvalue weighted by molar-refractivity contribution is 0.108. The van der Waals surface area contributed by atoms with E-state index in [2.05, 4.69) is 22.3 Å². The Morgan fingerprint density at radius 2 is 1.94 bits per heavy atom. The molecule has 3 heterocycles. The van der Waals surface area contributed by atoms with E-state index in [0.717, 1.165) is 59.0 Å². The molecule has 9 heteroatoms. The van der Waals surface area contributed by atoms with Crippen LogP contribution in [0.1, 0.15) is 36.3 Å². The molecule has 0 unspecified atom stereocenters. The van der Waals surface area contributed by atoms with Crippen LogP contribution in [0.2, 0.25) is 5.02 Å². The molecule has 3 atom stereocenters. The molecule has 36 heavy (non-hydrogen) atoms. The molecule has 2 aromatic heterocycles. The first-order valence-corrected chi connectivity index (χ1v) is 13.1. The first-order valence-electron chi connectivity index (χ1n) is 12.7. The molecule has 0 amide bonds. The highest BCUT2D eigenvalue weighted by Gasteiger charge is 2.37. The van der Waals surface area contributed by atoms with Crippen molar-refractivity contribution in [3.8, 4) is 28.4 Å². The van der Waals surface area contributed by atoms with Crippen molar-refractivity contribution in [1.82, 2.24) is 20.4 Å². The minimum absolute atomic E-state index is 0.169. The second-order valence-electron chi connectivity index (χ2n) is 10.1. The number of anilines is 1. The maximum Gasteiger partial charge on any atom is 0.163 e. The van der Waals surface area contributed by atoms with Crippen molar-refractivity contribution in [1.29, 1.82) is 0 Å². The Balaban J connectivity index is 1.57. The minimum atomic E-state index is -0.614. The van der Waals surface area contributed by atoms with Crippen LogP contribution in [0, 0.1) is 32.6 Å². The number of nitrogens with zero attached hydrogens (tertiary/aromatic N) is 4. The highest BCUT2D eigenvalue weighted by atomic mass is 35.5. The maximum atomic E-state index is 10.0. The van der Waals surface area contributed by atoms with Crippen molar-refractivity contribution >= 4 is 17.4 Å². The number of hydrogen-bond acceptors (Lipinski definition) is 8. The molecule has 1 saturated heterocycles. The van der Waals surface area contributed by atoms with E-state index in [4.69, 9.17) is 30.8 Å². The van der Waals surface area contributed by atoms with Gasteiger partial charge in [-0.15, -0.1) is 0 Å². The van der Waals surface area contributed by atoms with E-state index in [0.29, 0.717) is 28.7 Å². The molecule has 2 fully saturated rings. The van der Waals surface area contributed by atoms with Gasteiger partial charge in [0.1, 0.15) is 30.0 Å². The Morgan fingerprint density at radius 3 is 2.61 bits per heavy atom. The van der Waals surface area contributed by atoms with Crippen LogP contribution in [-0.2, 0) is 0 Å². The number of nitrogens with one attached hydrogen (secondary N) is 1. The highest BCUT2D eigenvalue weighted by Crippen LogP contribution is 2.42. The fourth-order valence-corrected chi connectivity index (χ4v) is 5.86. The van der Waals surface area contributed by atoms with Crippen LogP contribution in [0.4, 0.5) is 5.82 Å². The number of fused-ring (bicyclic) bond motifs is 1. The molecule has 2 aliphatic rings. The molecule has 8 nitrogen and oxygen atoms in total. The third-order valence-electron chi connectivity index (χ3n) is 7.48. The molecule has 2 N–H and O–H groups in total. The van der Waals surface area contributed by atoms with Crippen LogP contribution in [-0.4, -0.2) is 59.6 Å². The third-order valence-corrected chi connectivity index (χ3v) is 7.81. The van der Waals surface area contributed by atoms with E-state index in [1.165, 1.54) is 19.3 Å². The molecule has 1 saturated carbocycles. The van der Waals surface area contributed by atoms with E-state index >= 15 is 0 Å². The van der Waals surface area contributed by atoms with Gasteiger partial charge in [0, 0.05) is 30.8 Å². The van der Waals surface area contributed by atoms with Crippen molar-refractivity contribution in [2.75, 3.05) is 38.2 Å². The molecular weight excluding hydrogens is 478 g/mol. The Kier molecular flexibility index (Phi) is 7.19. The van der Waals surface area contributed by atoms with Crippen LogP contribution >= 0.6 is 11.6 Å². The van der Waals surface area contributed by atoms with Gasteiger partial charge in [0.05, 0.1) is 22.0 Å². The Labute approximate surface area is 217 Å². The lowest BCUT2D eigenvalue weighted by atomic mass is 10.0. The average molecular weight is 512 g/mol. The number of aliphatic hydroxyl groups excluding tert-OH is 1. The van der Waals surface area contributed by atoms with E-state index in [-0.39, 0.29) is 6.61 Å². The van der Waals surface area contributed by atoms with E-state index in [1.54, 1.807) is 19.2 Å². The molecule has 1 aromatic carbocycles. The maximum absolute atomic E-state index is 10.0. The molecule has 0 radical (unpaired) electrons. The SMILES string of the molecule is CNC[C@@H](O)COc1ccc(Cl)c(-c2nc(-c3c(C)noc3C)c(C)c(N3C[C@H]4CCC[C@H]4C3)n2)c1. The molecule has 1 aliphatic heterocycles. The Hall–Kier alpha value is -2.68. The van der Waals surface area contributed by atoms with Gasteiger partial charge in [-0.1, -0.05) is 23.2 Å². The number of aryl methyl sites for hydroxylation is 2. The summed E-state index contributed by atoms with van der Waals surface area (Å²) in [7, 11) is 1.79. The predicted molar refractivity (Wildman–Crippen MR) is 141 cm³/mol. The predicted octanol–water partition coefficient (Wildman–Crippen LogP) is 4.57. The number of aliphatic hydroxyl groups is 1. The van der Waals surface area contributed by atoms with Crippen LogP contribution in [0.25, 0.3) is 22.6 Å². The third kappa shape index (κ3) is 4.82. The van der Waals surface area contributed by atoms with Gasteiger partial charge in [0.15, 0.2) is 5.82 Å². The normalized spacial score (nSPS) is 20.1. The molecule has 1 aliphatic carbocycles. The second-order valence-corrected chi connectivity index (χ2v) is 10.5. The fourth-order valence-electron chi connectivity index (χ4n) is 5.66. The topological polar surface area (TPSA) is 96.5 Å². The summed E-state index contributed by atoms with van der Waals surface area (Å²) in [5.41, 5.74) is 4.22. The van der Waals surface area contributed by atoms with Gasteiger partial charge >= 0.3 is 0 Å². The van der Waals surface area contributed by atoms with Gasteiger partial charge < -0.3 is 24.6 Å². The number of aromatic nitrogens is 3. The lowest BCUT2D eigenvalue weighted by Crippen LogP contribution is -2.29. The first-order chi connectivity index (χ1) is 17.4.